The number of benzene rings is 3. The largest absolute Gasteiger partial charge is 0.493 e. The highest BCUT2D eigenvalue weighted by molar-refractivity contribution is 6.30. The zero-order valence-electron chi connectivity index (χ0n) is 16.1. The van der Waals surface area contributed by atoms with E-state index in [4.69, 9.17) is 26.2 Å². The van der Waals surface area contributed by atoms with Crippen molar-refractivity contribution in [3.05, 3.63) is 88.7 Å². The molecule has 3 aromatic rings. The third-order valence-electron chi connectivity index (χ3n) is 4.98. The third-order valence-corrected chi connectivity index (χ3v) is 5.23. The molecule has 0 aromatic heterocycles. The molecule has 29 heavy (non-hydrogen) atoms. The van der Waals surface area contributed by atoms with E-state index < -0.39 is 0 Å². The van der Waals surface area contributed by atoms with Crippen molar-refractivity contribution in [3.63, 3.8) is 0 Å². The topological polar surface area (TPSA) is 34.1 Å². The van der Waals surface area contributed by atoms with Gasteiger partial charge >= 0.3 is 0 Å². The van der Waals surface area contributed by atoms with Gasteiger partial charge in [0, 0.05) is 11.4 Å². The van der Waals surface area contributed by atoms with Gasteiger partial charge in [-0.1, -0.05) is 41.9 Å². The van der Waals surface area contributed by atoms with Crippen LogP contribution in [0.3, 0.4) is 0 Å². The highest BCUT2D eigenvalue weighted by atomic mass is 35.5. The number of hydrazone groups is 1. The van der Waals surface area contributed by atoms with Crippen LogP contribution in [0.1, 0.15) is 23.6 Å². The van der Waals surface area contributed by atoms with Gasteiger partial charge in [-0.15, -0.1) is 0 Å². The molecule has 1 unspecified atom stereocenters. The van der Waals surface area contributed by atoms with Crippen LogP contribution in [-0.4, -0.2) is 19.9 Å². The lowest BCUT2D eigenvalue weighted by Crippen LogP contribution is -2.19. The first-order valence-corrected chi connectivity index (χ1v) is 9.57. The van der Waals surface area contributed by atoms with Crippen molar-refractivity contribution in [2.75, 3.05) is 19.2 Å². The van der Waals surface area contributed by atoms with Crippen LogP contribution in [0.15, 0.2) is 71.8 Å². The lowest BCUT2D eigenvalue weighted by atomic mass is 9.97. The first-order valence-electron chi connectivity index (χ1n) is 9.20. The Labute approximate surface area is 174 Å². The molecule has 148 valence electrons. The summed E-state index contributed by atoms with van der Waals surface area (Å²) < 4.78 is 25.4. The Morgan fingerprint density at radius 1 is 0.966 bits per heavy atom. The molecule has 0 radical (unpaired) electrons. The van der Waals surface area contributed by atoms with E-state index in [9.17, 15) is 4.39 Å². The Balaban J connectivity index is 1.78. The maximum Gasteiger partial charge on any atom is 0.161 e. The number of methoxy groups -OCH3 is 2. The summed E-state index contributed by atoms with van der Waals surface area (Å²) in [7, 11) is 3.20. The van der Waals surface area contributed by atoms with Crippen molar-refractivity contribution in [1.82, 2.24) is 0 Å². The molecular formula is C23H20ClFN2O2. The molecule has 4 rings (SSSR count). The van der Waals surface area contributed by atoms with Gasteiger partial charge in [0.1, 0.15) is 5.82 Å². The summed E-state index contributed by atoms with van der Waals surface area (Å²) in [4.78, 5) is 0. The molecule has 3 aromatic carbocycles. The maximum atomic E-state index is 14.6. The fourth-order valence-electron chi connectivity index (χ4n) is 3.51. The van der Waals surface area contributed by atoms with Gasteiger partial charge in [0.25, 0.3) is 0 Å². The standard InChI is InChI=1S/C23H20ClFN2O2/c1-28-22-12-9-16(13-23(22)29-2)21-14-19(15-7-10-17(24)11-8-15)26-27(21)20-6-4-3-5-18(20)25/h3-13,21H,14H2,1-2H3. The van der Waals surface area contributed by atoms with Crippen LogP contribution in [0, 0.1) is 5.82 Å². The lowest BCUT2D eigenvalue weighted by Gasteiger charge is -2.25. The average molecular weight is 411 g/mol. The van der Waals surface area contributed by atoms with Crippen LogP contribution in [0.5, 0.6) is 11.5 Å². The Hall–Kier alpha value is -3.05. The van der Waals surface area contributed by atoms with E-state index in [0.717, 1.165) is 16.8 Å². The molecule has 1 aliphatic heterocycles. The zero-order valence-corrected chi connectivity index (χ0v) is 16.9. The van der Waals surface area contributed by atoms with E-state index in [0.29, 0.717) is 28.6 Å². The van der Waals surface area contributed by atoms with Crippen molar-refractivity contribution in [2.45, 2.75) is 12.5 Å². The van der Waals surface area contributed by atoms with Gasteiger partial charge in [-0.3, -0.25) is 5.01 Å². The summed E-state index contributed by atoms with van der Waals surface area (Å²) in [6, 6.07) is 19.7. The lowest BCUT2D eigenvalue weighted by molar-refractivity contribution is 0.354. The second-order valence-electron chi connectivity index (χ2n) is 6.68. The van der Waals surface area contributed by atoms with Crippen LogP contribution in [0.2, 0.25) is 5.02 Å². The molecule has 0 spiro atoms. The average Bonchev–Trinajstić information content (AvgIpc) is 3.19. The summed E-state index contributed by atoms with van der Waals surface area (Å²) in [6.45, 7) is 0. The van der Waals surface area contributed by atoms with Crippen molar-refractivity contribution < 1.29 is 13.9 Å². The molecule has 0 amide bonds. The number of nitrogens with zero attached hydrogens (tertiary/aromatic N) is 2. The normalized spacial score (nSPS) is 15.9. The Morgan fingerprint density at radius 3 is 2.38 bits per heavy atom. The van der Waals surface area contributed by atoms with Crippen molar-refractivity contribution >= 4 is 23.0 Å². The van der Waals surface area contributed by atoms with E-state index in [1.165, 1.54) is 6.07 Å². The number of ether oxygens (including phenoxy) is 2. The number of anilines is 1. The van der Waals surface area contributed by atoms with Gasteiger partial charge in [-0.2, -0.15) is 5.10 Å². The molecule has 1 aliphatic rings. The molecule has 0 saturated carbocycles. The Bertz CT molecular complexity index is 1050. The predicted molar refractivity (Wildman–Crippen MR) is 114 cm³/mol. The number of para-hydroxylation sites is 1. The fourth-order valence-corrected chi connectivity index (χ4v) is 3.63. The van der Waals surface area contributed by atoms with Crippen molar-refractivity contribution in [1.29, 1.82) is 0 Å². The number of hydrogen-bond donors (Lipinski definition) is 0. The predicted octanol–water partition coefficient (Wildman–Crippen LogP) is 5.85. The summed E-state index contributed by atoms with van der Waals surface area (Å²) in [5, 5.41) is 7.17. The highest BCUT2D eigenvalue weighted by Gasteiger charge is 2.32. The minimum atomic E-state index is -0.320. The van der Waals surface area contributed by atoms with Gasteiger partial charge in [0.05, 0.1) is 31.7 Å². The first-order chi connectivity index (χ1) is 14.1. The molecule has 0 fully saturated rings. The third kappa shape index (κ3) is 3.78. The molecule has 4 nitrogen and oxygen atoms in total. The molecule has 0 bridgehead atoms. The summed E-state index contributed by atoms with van der Waals surface area (Å²) in [5.74, 6) is 0.947. The SMILES string of the molecule is COc1ccc(C2CC(c3ccc(Cl)cc3)=NN2c2ccccc2F)cc1OC. The molecule has 0 saturated heterocycles. The minimum absolute atomic E-state index is 0.183. The monoisotopic (exact) mass is 410 g/mol. The molecule has 1 heterocycles. The van der Waals surface area contributed by atoms with E-state index in [1.807, 2.05) is 42.5 Å². The Morgan fingerprint density at radius 2 is 1.69 bits per heavy atom. The molecule has 1 atom stereocenters. The molecular weight excluding hydrogens is 391 g/mol. The smallest absolute Gasteiger partial charge is 0.161 e. The second kappa shape index (κ2) is 8.13. The van der Waals surface area contributed by atoms with Crippen LogP contribution in [-0.2, 0) is 0 Å². The van der Waals surface area contributed by atoms with Crippen molar-refractivity contribution in [3.8, 4) is 11.5 Å². The van der Waals surface area contributed by atoms with Crippen LogP contribution >= 0.6 is 11.6 Å². The van der Waals surface area contributed by atoms with Gasteiger partial charge in [0.15, 0.2) is 11.5 Å². The summed E-state index contributed by atoms with van der Waals surface area (Å²) in [6.07, 6.45) is 0.617. The van der Waals surface area contributed by atoms with Crippen LogP contribution in [0.25, 0.3) is 0 Å². The van der Waals surface area contributed by atoms with E-state index >= 15 is 0 Å². The first kappa shape index (κ1) is 19.3. The van der Waals surface area contributed by atoms with Crippen LogP contribution < -0.4 is 14.5 Å². The fraction of sp³-hybridized carbons (Fsp3) is 0.174. The van der Waals surface area contributed by atoms with Gasteiger partial charge < -0.3 is 9.47 Å². The van der Waals surface area contributed by atoms with E-state index in [1.54, 1.807) is 37.4 Å². The highest BCUT2D eigenvalue weighted by Crippen LogP contribution is 2.40. The number of halogens is 2. The quantitative estimate of drug-likeness (QED) is 0.529. The van der Waals surface area contributed by atoms with Gasteiger partial charge in [0.2, 0.25) is 0 Å². The van der Waals surface area contributed by atoms with Crippen molar-refractivity contribution in [2.24, 2.45) is 5.10 Å². The van der Waals surface area contributed by atoms with Gasteiger partial charge in [-0.05, 0) is 47.5 Å². The van der Waals surface area contributed by atoms with E-state index in [-0.39, 0.29) is 11.9 Å². The minimum Gasteiger partial charge on any atom is -0.493 e. The summed E-state index contributed by atoms with van der Waals surface area (Å²) >= 11 is 6.02. The molecule has 6 heteroatoms. The molecule has 0 N–H and O–H groups in total. The maximum absolute atomic E-state index is 14.6. The Kier molecular flexibility index (Phi) is 5.41. The van der Waals surface area contributed by atoms with Gasteiger partial charge in [-0.25, -0.2) is 4.39 Å². The second-order valence-corrected chi connectivity index (χ2v) is 7.12. The van der Waals surface area contributed by atoms with Crippen LogP contribution in [0.4, 0.5) is 10.1 Å². The summed E-state index contributed by atoms with van der Waals surface area (Å²) in [5.41, 5.74) is 3.21. The van der Waals surface area contributed by atoms with E-state index in [2.05, 4.69) is 0 Å². The number of hydrogen-bond acceptors (Lipinski definition) is 4. The number of rotatable bonds is 5. The molecule has 0 aliphatic carbocycles. The zero-order chi connectivity index (χ0) is 20.4.